The highest BCUT2D eigenvalue weighted by molar-refractivity contribution is 5.76. The number of aliphatic hydroxyl groups is 5. The highest BCUT2D eigenvalue weighted by Gasteiger charge is 2.44. The fourth-order valence-electron chi connectivity index (χ4n) is 9.56. The van der Waals surface area contributed by atoms with E-state index in [9.17, 15) is 30.3 Å². The van der Waals surface area contributed by atoms with Crippen LogP contribution >= 0.6 is 0 Å². The summed E-state index contributed by atoms with van der Waals surface area (Å²) in [4.78, 5) is 13.1. The third-order valence-electron chi connectivity index (χ3n) is 14.3. The first-order chi connectivity index (χ1) is 35.3. The number of hydrogen-bond donors (Lipinski definition) is 6. The predicted octanol–water partition coefficient (Wildman–Crippen LogP) is 15.5. The molecule has 0 aliphatic carbocycles. The van der Waals surface area contributed by atoms with E-state index in [0.29, 0.717) is 6.42 Å². The van der Waals surface area contributed by atoms with Crippen LogP contribution in [-0.4, -0.2) is 87.5 Å². The van der Waals surface area contributed by atoms with Crippen molar-refractivity contribution in [2.45, 2.75) is 320 Å². The molecule has 7 atom stereocenters. The number of carbonyl (C=O) groups excluding carboxylic acids is 1. The summed E-state index contributed by atoms with van der Waals surface area (Å²) in [7, 11) is 0. The molecule has 420 valence electrons. The van der Waals surface area contributed by atoms with Crippen LogP contribution in [0.2, 0.25) is 0 Å². The average Bonchev–Trinajstić information content (AvgIpc) is 3.38. The van der Waals surface area contributed by atoms with Gasteiger partial charge in [0.15, 0.2) is 6.29 Å². The van der Waals surface area contributed by atoms with Crippen LogP contribution < -0.4 is 5.32 Å². The van der Waals surface area contributed by atoms with E-state index in [1.165, 1.54) is 193 Å². The molecule has 7 unspecified atom stereocenters. The van der Waals surface area contributed by atoms with E-state index < -0.39 is 49.5 Å². The number of rotatable bonds is 52. The van der Waals surface area contributed by atoms with Crippen molar-refractivity contribution in [3.8, 4) is 0 Å². The fraction of sp³-hybridized carbons (Fsp3) is 0.825. The molecule has 6 N–H and O–H groups in total. The summed E-state index contributed by atoms with van der Waals surface area (Å²) in [5.41, 5.74) is 0. The lowest BCUT2D eigenvalue weighted by Gasteiger charge is -2.40. The summed E-state index contributed by atoms with van der Waals surface area (Å²) >= 11 is 0. The summed E-state index contributed by atoms with van der Waals surface area (Å²) in [6, 6.07) is -0.805. The van der Waals surface area contributed by atoms with Gasteiger partial charge in [-0.2, -0.15) is 0 Å². The zero-order valence-corrected chi connectivity index (χ0v) is 46.7. The van der Waals surface area contributed by atoms with Gasteiger partial charge in [0.25, 0.3) is 0 Å². The van der Waals surface area contributed by atoms with Gasteiger partial charge in [0.2, 0.25) is 5.91 Å². The summed E-state index contributed by atoms with van der Waals surface area (Å²) in [5, 5.41) is 54.5. The van der Waals surface area contributed by atoms with E-state index in [4.69, 9.17) is 9.47 Å². The molecule has 0 aromatic heterocycles. The maximum Gasteiger partial charge on any atom is 0.220 e. The van der Waals surface area contributed by atoms with E-state index in [-0.39, 0.29) is 12.5 Å². The third-order valence-corrected chi connectivity index (χ3v) is 14.3. The van der Waals surface area contributed by atoms with Gasteiger partial charge in [-0.1, -0.05) is 274 Å². The van der Waals surface area contributed by atoms with E-state index in [0.717, 1.165) is 64.2 Å². The first-order valence-electron chi connectivity index (χ1n) is 30.5. The SMILES string of the molecule is CC/C=C\C/C=C\C/C=C\C/C=C\CCCCCCCCCCCCCCCCCCCCCCC(=O)NC(COC1OC(CO)C(O)C(O)C1O)C(O)/C=C/CCCCCCCCCCCCCCCC. The Bertz CT molecular complexity index is 1310. The van der Waals surface area contributed by atoms with Crippen molar-refractivity contribution in [2.75, 3.05) is 13.2 Å². The van der Waals surface area contributed by atoms with Crippen molar-refractivity contribution >= 4 is 5.91 Å². The quantitative estimate of drug-likeness (QED) is 0.0261. The zero-order valence-electron chi connectivity index (χ0n) is 46.7. The molecule has 1 heterocycles. The maximum absolute atomic E-state index is 13.1. The first-order valence-corrected chi connectivity index (χ1v) is 30.5. The number of ether oxygens (including phenoxy) is 2. The second-order valence-corrected chi connectivity index (χ2v) is 21.1. The molecule has 0 aromatic rings. The summed E-state index contributed by atoms with van der Waals surface area (Å²) < 4.78 is 11.3. The molecular formula is C63H115NO8. The fourth-order valence-corrected chi connectivity index (χ4v) is 9.56. The zero-order chi connectivity index (χ0) is 52.2. The largest absolute Gasteiger partial charge is 0.394 e. The number of amides is 1. The molecule has 0 saturated carbocycles. The summed E-state index contributed by atoms with van der Waals surface area (Å²) in [5.74, 6) is -0.174. The van der Waals surface area contributed by atoms with Gasteiger partial charge in [0.1, 0.15) is 24.4 Å². The number of allylic oxidation sites excluding steroid dienone is 9. The Hall–Kier alpha value is -2.11. The Morgan fingerprint density at radius 3 is 1.28 bits per heavy atom. The van der Waals surface area contributed by atoms with Crippen LogP contribution in [0.5, 0.6) is 0 Å². The highest BCUT2D eigenvalue weighted by Crippen LogP contribution is 2.23. The van der Waals surface area contributed by atoms with Crippen molar-refractivity contribution in [2.24, 2.45) is 0 Å². The molecule has 1 aliphatic heterocycles. The van der Waals surface area contributed by atoms with E-state index in [1.54, 1.807) is 6.08 Å². The minimum absolute atomic E-state index is 0.174. The Kier molecular flexibility index (Phi) is 49.4. The summed E-state index contributed by atoms with van der Waals surface area (Å²) in [6.45, 7) is 3.69. The van der Waals surface area contributed by atoms with Gasteiger partial charge >= 0.3 is 0 Å². The summed E-state index contributed by atoms with van der Waals surface area (Å²) in [6.07, 6.45) is 64.4. The van der Waals surface area contributed by atoms with Crippen LogP contribution in [0.1, 0.15) is 277 Å². The normalized spacial score (nSPS) is 19.6. The van der Waals surface area contributed by atoms with Crippen LogP contribution in [0.25, 0.3) is 0 Å². The predicted molar refractivity (Wildman–Crippen MR) is 304 cm³/mol. The number of nitrogens with one attached hydrogen (secondary N) is 1. The standard InChI is InChI=1S/C63H115NO8/c1-3-5-7-9-11-13-15-17-19-21-22-23-24-25-26-27-28-29-30-31-32-33-34-35-36-37-39-41-43-45-47-49-51-53-59(67)64-56(55-71-63-62(70)61(69)60(68)58(54-65)72-63)57(66)52-50-48-46-44-42-40-38-20-18-16-14-12-10-8-6-4-2/h5,7,11,13,17,19,22-23,50,52,56-58,60-63,65-66,68-70H,3-4,6,8-10,12,14-16,18,20-21,24-49,51,53-55H2,1-2H3,(H,64,67)/b7-5-,13-11-,19-17-,23-22-,52-50+. The first kappa shape index (κ1) is 67.9. The average molecular weight is 1010 g/mol. The van der Waals surface area contributed by atoms with Gasteiger partial charge in [0, 0.05) is 6.42 Å². The van der Waals surface area contributed by atoms with Gasteiger partial charge in [-0.05, 0) is 57.8 Å². The molecule has 72 heavy (non-hydrogen) atoms. The minimum atomic E-state index is -1.57. The molecule has 0 aromatic carbocycles. The smallest absolute Gasteiger partial charge is 0.220 e. The van der Waals surface area contributed by atoms with Crippen molar-refractivity contribution in [3.05, 3.63) is 60.8 Å². The second-order valence-electron chi connectivity index (χ2n) is 21.1. The lowest BCUT2D eigenvalue weighted by atomic mass is 9.99. The molecule has 1 fully saturated rings. The Labute approximate surface area is 443 Å². The molecule has 0 spiro atoms. The van der Waals surface area contributed by atoms with Crippen LogP contribution in [-0.2, 0) is 14.3 Å². The molecule has 0 radical (unpaired) electrons. The third kappa shape index (κ3) is 41.2. The molecule has 9 heteroatoms. The Morgan fingerprint density at radius 1 is 0.486 bits per heavy atom. The Morgan fingerprint density at radius 2 is 0.861 bits per heavy atom. The molecule has 1 aliphatic rings. The van der Waals surface area contributed by atoms with Crippen LogP contribution in [0.15, 0.2) is 60.8 Å². The molecule has 1 amide bonds. The number of unbranched alkanes of at least 4 members (excludes halogenated alkanes) is 34. The number of hydrogen-bond acceptors (Lipinski definition) is 8. The molecule has 1 rings (SSSR count). The minimum Gasteiger partial charge on any atom is -0.394 e. The van der Waals surface area contributed by atoms with E-state index >= 15 is 0 Å². The van der Waals surface area contributed by atoms with Crippen LogP contribution in [0.3, 0.4) is 0 Å². The van der Waals surface area contributed by atoms with Crippen LogP contribution in [0.4, 0.5) is 0 Å². The van der Waals surface area contributed by atoms with E-state index in [1.807, 2.05) is 6.08 Å². The molecule has 0 bridgehead atoms. The van der Waals surface area contributed by atoms with Crippen molar-refractivity contribution in [1.82, 2.24) is 5.32 Å². The maximum atomic E-state index is 13.1. The van der Waals surface area contributed by atoms with Crippen molar-refractivity contribution < 1.29 is 39.8 Å². The topological polar surface area (TPSA) is 149 Å². The van der Waals surface area contributed by atoms with Crippen molar-refractivity contribution in [1.29, 1.82) is 0 Å². The molecular weight excluding hydrogens is 899 g/mol. The van der Waals surface area contributed by atoms with Gasteiger partial charge in [-0.25, -0.2) is 0 Å². The van der Waals surface area contributed by atoms with Gasteiger partial charge in [-0.15, -0.1) is 0 Å². The highest BCUT2D eigenvalue weighted by atomic mass is 16.7. The van der Waals surface area contributed by atoms with Gasteiger partial charge in [0.05, 0.1) is 25.4 Å². The van der Waals surface area contributed by atoms with Crippen molar-refractivity contribution in [3.63, 3.8) is 0 Å². The number of aliphatic hydroxyl groups excluding tert-OH is 5. The van der Waals surface area contributed by atoms with E-state index in [2.05, 4.69) is 67.8 Å². The van der Waals surface area contributed by atoms with Crippen LogP contribution in [0, 0.1) is 0 Å². The molecule has 9 nitrogen and oxygen atoms in total. The molecule has 1 saturated heterocycles. The van der Waals surface area contributed by atoms with Gasteiger partial charge in [-0.3, -0.25) is 4.79 Å². The lowest BCUT2D eigenvalue weighted by molar-refractivity contribution is -0.302. The Balaban J connectivity index is 2.12. The van der Waals surface area contributed by atoms with Gasteiger partial charge < -0.3 is 40.3 Å². The monoisotopic (exact) mass is 1010 g/mol. The number of carbonyl (C=O) groups is 1. The lowest BCUT2D eigenvalue weighted by Crippen LogP contribution is -2.60. The second kappa shape index (κ2) is 52.3.